The molecule has 1 aliphatic carbocycles. The monoisotopic (exact) mass is 257 g/mol. The van der Waals surface area contributed by atoms with E-state index < -0.39 is 0 Å². The minimum Gasteiger partial charge on any atom is -0.372 e. The summed E-state index contributed by atoms with van der Waals surface area (Å²) < 4.78 is 2.06. The number of aromatic nitrogens is 3. The lowest BCUT2D eigenvalue weighted by atomic mass is 10.0. The van der Waals surface area contributed by atoms with E-state index in [9.17, 15) is 0 Å². The summed E-state index contributed by atoms with van der Waals surface area (Å²) in [7, 11) is 1.91. The molecule has 4 rings (SSSR count). The van der Waals surface area contributed by atoms with Gasteiger partial charge in [0.1, 0.15) is 5.82 Å². The highest BCUT2D eigenvalue weighted by molar-refractivity contribution is 5.67. The first-order valence-electron chi connectivity index (χ1n) is 7.11. The quantitative estimate of drug-likeness (QED) is 0.894. The lowest BCUT2D eigenvalue weighted by Crippen LogP contribution is -2.23. The summed E-state index contributed by atoms with van der Waals surface area (Å²) in [5.74, 6) is 3.67. The fourth-order valence-corrected chi connectivity index (χ4v) is 3.66. The standard InChI is InChI=1S/C14H19N5/c1-15-12-9-18-6-5-16-13(18)14(17-12)19-7-10-3-2-4-11(10)8-19/h5-6,9-11,15H,2-4,7-8H2,1H3. The molecule has 1 N–H and O–H groups in total. The van der Waals surface area contributed by atoms with Crippen LogP contribution in [-0.4, -0.2) is 34.5 Å². The lowest BCUT2D eigenvalue weighted by Gasteiger charge is -2.19. The molecule has 100 valence electrons. The number of anilines is 2. The molecule has 19 heavy (non-hydrogen) atoms. The summed E-state index contributed by atoms with van der Waals surface area (Å²) in [5.41, 5.74) is 0.971. The Labute approximate surface area is 112 Å². The van der Waals surface area contributed by atoms with Crippen LogP contribution >= 0.6 is 0 Å². The Morgan fingerprint density at radius 2 is 2.05 bits per heavy atom. The van der Waals surface area contributed by atoms with Crippen LogP contribution < -0.4 is 10.2 Å². The predicted molar refractivity (Wildman–Crippen MR) is 75.6 cm³/mol. The summed E-state index contributed by atoms with van der Waals surface area (Å²) in [6.45, 7) is 2.29. The maximum absolute atomic E-state index is 4.73. The van der Waals surface area contributed by atoms with Gasteiger partial charge in [-0.25, -0.2) is 9.97 Å². The molecule has 0 spiro atoms. The minimum atomic E-state index is 0.870. The summed E-state index contributed by atoms with van der Waals surface area (Å²) >= 11 is 0. The van der Waals surface area contributed by atoms with Crippen molar-refractivity contribution in [3.63, 3.8) is 0 Å². The summed E-state index contributed by atoms with van der Waals surface area (Å²) in [6.07, 6.45) is 10.00. The minimum absolute atomic E-state index is 0.870. The van der Waals surface area contributed by atoms with E-state index in [4.69, 9.17) is 4.98 Å². The van der Waals surface area contributed by atoms with E-state index in [0.29, 0.717) is 0 Å². The van der Waals surface area contributed by atoms with Gasteiger partial charge in [-0.15, -0.1) is 0 Å². The van der Waals surface area contributed by atoms with Crippen LogP contribution in [0.15, 0.2) is 18.6 Å². The Morgan fingerprint density at radius 1 is 1.26 bits per heavy atom. The van der Waals surface area contributed by atoms with E-state index in [1.54, 1.807) is 0 Å². The van der Waals surface area contributed by atoms with Gasteiger partial charge in [0.2, 0.25) is 0 Å². The van der Waals surface area contributed by atoms with Crippen LogP contribution in [0.4, 0.5) is 11.6 Å². The Morgan fingerprint density at radius 3 is 2.79 bits per heavy atom. The summed E-state index contributed by atoms with van der Waals surface area (Å²) in [4.78, 5) is 11.6. The van der Waals surface area contributed by atoms with E-state index in [1.165, 1.54) is 19.3 Å². The maximum atomic E-state index is 4.73. The molecule has 0 aromatic carbocycles. The van der Waals surface area contributed by atoms with Gasteiger partial charge in [-0.1, -0.05) is 6.42 Å². The van der Waals surface area contributed by atoms with Crippen molar-refractivity contribution < 1.29 is 0 Å². The van der Waals surface area contributed by atoms with Gasteiger partial charge in [0.15, 0.2) is 11.5 Å². The van der Waals surface area contributed by atoms with E-state index in [0.717, 1.165) is 42.2 Å². The number of imidazole rings is 1. The van der Waals surface area contributed by atoms with Gasteiger partial charge >= 0.3 is 0 Å². The first kappa shape index (κ1) is 11.1. The highest BCUT2D eigenvalue weighted by atomic mass is 15.3. The zero-order valence-electron chi connectivity index (χ0n) is 11.2. The number of hydrogen-bond acceptors (Lipinski definition) is 4. The first-order chi connectivity index (χ1) is 9.35. The van der Waals surface area contributed by atoms with Crippen LogP contribution in [0.2, 0.25) is 0 Å². The first-order valence-corrected chi connectivity index (χ1v) is 7.11. The Kier molecular flexibility index (Phi) is 2.40. The number of hydrogen-bond donors (Lipinski definition) is 1. The topological polar surface area (TPSA) is 45.5 Å². The van der Waals surface area contributed by atoms with Crippen molar-refractivity contribution in [2.75, 3.05) is 30.4 Å². The van der Waals surface area contributed by atoms with Gasteiger partial charge in [0, 0.05) is 32.5 Å². The van der Waals surface area contributed by atoms with Crippen molar-refractivity contribution in [3.05, 3.63) is 18.6 Å². The van der Waals surface area contributed by atoms with Gasteiger partial charge in [-0.2, -0.15) is 0 Å². The third kappa shape index (κ3) is 1.68. The normalized spacial score (nSPS) is 26.1. The van der Waals surface area contributed by atoms with E-state index in [1.807, 2.05) is 25.6 Å². The van der Waals surface area contributed by atoms with Gasteiger partial charge in [0.25, 0.3) is 0 Å². The second-order valence-corrected chi connectivity index (χ2v) is 5.71. The maximum Gasteiger partial charge on any atom is 0.180 e. The summed E-state index contributed by atoms with van der Waals surface area (Å²) in [5, 5.41) is 3.14. The molecule has 2 aromatic heterocycles. The average molecular weight is 257 g/mol. The number of nitrogens with one attached hydrogen (secondary N) is 1. The highest BCUT2D eigenvalue weighted by Gasteiger charge is 2.37. The Balaban J connectivity index is 1.75. The van der Waals surface area contributed by atoms with Crippen molar-refractivity contribution in [3.8, 4) is 0 Å². The molecular formula is C14H19N5. The molecule has 5 nitrogen and oxygen atoms in total. The van der Waals surface area contributed by atoms with Crippen molar-refractivity contribution in [2.45, 2.75) is 19.3 Å². The van der Waals surface area contributed by atoms with Crippen molar-refractivity contribution in [1.29, 1.82) is 0 Å². The lowest BCUT2D eigenvalue weighted by molar-refractivity contribution is 0.494. The van der Waals surface area contributed by atoms with Gasteiger partial charge < -0.3 is 14.6 Å². The number of nitrogens with zero attached hydrogens (tertiary/aromatic N) is 4. The van der Waals surface area contributed by atoms with Crippen LogP contribution in [0.5, 0.6) is 0 Å². The molecule has 0 bridgehead atoms. The zero-order valence-corrected chi connectivity index (χ0v) is 11.2. The molecule has 5 heteroatoms. The molecular weight excluding hydrogens is 238 g/mol. The third-order valence-corrected chi connectivity index (χ3v) is 4.64. The van der Waals surface area contributed by atoms with Gasteiger partial charge in [-0.3, -0.25) is 0 Å². The highest BCUT2D eigenvalue weighted by Crippen LogP contribution is 2.39. The fraction of sp³-hybridized carbons (Fsp3) is 0.571. The second-order valence-electron chi connectivity index (χ2n) is 5.71. The molecule has 1 aliphatic heterocycles. The molecule has 2 fully saturated rings. The smallest absolute Gasteiger partial charge is 0.180 e. The number of rotatable bonds is 2. The van der Waals surface area contributed by atoms with Crippen molar-refractivity contribution >= 4 is 17.3 Å². The van der Waals surface area contributed by atoms with Crippen LogP contribution in [-0.2, 0) is 0 Å². The predicted octanol–water partition coefficient (Wildman–Crippen LogP) is 2.01. The molecule has 1 saturated heterocycles. The molecule has 0 radical (unpaired) electrons. The largest absolute Gasteiger partial charge is 0.372 e. The molecule has 2 unspecified atom stereocenters. The van der Waals surface area contributed by atoms with Crippen molar-refractivity contribution in [1.82, 2.24) is 14.4 Å². The molecule has 0 amide bonds. The van der Waals surface area contributed by atoms with E-state index in [2.05, 4.69) is 19.6 Å². The van der Waals surface area contributed by atoms with Crippen LogP contribution in [0, 0.1) is 11.8 Å². The Hall–Kier alpha value is -1.78. The van der Waals surface area contributed by atoms with Gasteiger partial charge in [-0.05, 0) is 24.7 Å². The zero-order chi connectivity index (χ0) is 12.8. The Bertz CT molecular complexity index is 593. The van der Waals surface area contributed by atoms with Crippen molar-refractivity contribution in [2.24, 2.45) is 11.8 Å². The molecule has 2 aliphatic rings. The average Bonchev–Trinajstić information content (AvgIpc) is 3.11. The van der Waals surface area contributed by atoms with Crippen LogP contribution in [0.1, 0.15) is 19.3 Å². The van der Waals surface area contributed by atoms with E-state index in [-0.39, 0.29) is 0 Å². The molecule has 2 aromatic rings. The second kappa shape index (κ2) is 4.11. The summed E-state index contributed by atoms with van der Waals surface area (Å²) in [6, 6.07) is 0. The molecule has 3 heterocycles. The van der Waals surface area contributed by atoms with Gasteiger partial charge in [0.05, 0.1) is 6.20 Å². The number of fused-ring (bicyclic) bond motifs is 2. The fourth-order valence-electron chi connectivity index (χ4n) is 3.66. The third-order valence-electron chi connectivity index (χ3n) is 4.64. The van der Waals surface area contributed by atoms with Crippen LogP contribution in [0.25, 0.3) is 5.65 Å². The SMILES string of the molecule is CNc1cn2ccnc2c(N2CC3CCCC3C2)n1. The van der Waals surface area contributed by atoms with E-state index >= 15 is 0 Å². The van der Waals surface area contributed by atoms with Crippen LogP contribution in [0.3, 0.4) is 0 Å². The molecule has 2 atom stereocenters. The molecule has 1 saturated carbocycles.